The molecule has 4 aliphatic rings. The van der Waals surface area contributed by atoms with Crippen LogP contribution in [0.3, 0.4) is 0 Å². The monoisotopic (exact) mass is 341 g/mol. The number of carbonyl (C=O) groups is 2. The van der Waals surface area contributed by atoms with Crippen LogP contribution in [0.4, 0.5) is 5.69 Å². The summed E-state index contributed by atoms with van der Waals surface area (Å²) < 4.78 is 0. The predicted octanol–water partition coefficient (Wildman–Crippen LogP) is 1.83. The molecule has 1 aliphatic heterocycles. The smallest absolute Gasteiger partial charge is 0.311 e. The summed E-state index contributed by atoms with van der Waals surface area (Å²) in [7, 11) is 0. The minimum Gasteiger partial charge on any atom is -0.502 e. The van der Waals surface area contributed by atoms with Crippen molar-refractivity contribution in [1.29, 1.82) is 0 Å². The number of nitrogens with zero attached hydrogens (tertiary/aromatic N) is 3. The van der Waals surface area contributed by atoms with Gasteiger partial charge in [-0.1, -0.05) is 12.2 Å². The summed E-state index contributed by atoms with van der Waals surface area (Å²) in [6.07, 6.45) is 7.09. The average molecular weight is 341 g/mol. The zero-order chi connectivity index (χ0) is 17.7. The van der Waals surface area contributed by atoms with Gasteiger partial charge in [0.25, 0.3) is 11.8 Å². The molecule has 1 heterocycles. The van der Waals surface area contributed by atoms with Crippen LogP contribution >= 0.6 is 0 Å². The number of carbonyl (C=O) groups excluding carboxylic acids is 2. The lowest BCUT2D eigenvalue weighted by molar-refractivity contribution is -0.385. The van der Waals surface area contributed by atoms with Gasteiger partial charge in [0.2, 0.25) is 0 Å². The first kappa shape index (κ1) is 15.5. The lowest BCUT2D eigenvalue weighted by Crippen LogP contribution is -2.38. The fourth-order valence-electron chi connectivity index (χ4n) is 4.06. The standard InChI is InChI=1S/C17H15N3O5/c21-13-6-1-9(7-12(13)20(24)25)8-18-19-16(22)14-10-2-3-11(5-4-10)15(14)17(19)23/h1-3,6-8,10-11,14-15,21H,4-5H2/b18-8-/t10-,11-,14+,15+/m0/s1. The van der Waals surface area contributed by atoms with Crippen LogP contribution in [-0.4, -0.2) is 33.1 Å². The van der Waals surface area contributed by atoms with E-state index >= 15 is 0 Å². The SMILES string of the molecule is O=C1[C@H]2[C@H](C(=O)N1/N=C\c1ccc(O)c([N+](=O)[O-])c1)[C@H]1C=C[C@H]2CC1. The maximum atomic E-state index is 12.6. The van der Waals surface area contributed by atoms with E-state index in [1.54, 1.807) is 0 Å². The number of fused-ring (bicyclic) bond motifs is 1. The van der Waals surface area contributed by atoms with Gasteiger partial charge in [0.05, 0.1) is 23.0 Å². The summed E-state index contributed by atoms with van der Waals surface area (Å²) in [6.45, 7) is 0. The predicted molar refractivity (Wildman–Crippen MR) is 86.5 cm³/mol. The van der Waals surface area contributed by atoms with Crippen LogP contribution in [-0.2, 0) is 9.59 Å². The molecule has 0 aromatic heterocycles. The normalized spacial score (nSPS) is 30.3. The van der Waals surface area contributed by atoms with Gasteiger partial charge in [-0.15, -0.1) is 0 Å². The molecule has 0 unspecified atom stereocenters. The molecule has 1 aromatic rings. The third kappa shape index (κ3) is 2.33. The number of hydrogen-bond acceptors (Lipinski definition) is 6. The maximum absolute atomic E-state index is 12.6. The Hall–Kier alpha value is -3.03. The van der Waals surface area contributed by atoms with Gasteiger partial charge in [-0.3, -0.25) is 19.7 Å². The van der Waals surface area contributed by atoms with Gasteiger partial charge in [-0.25, -0.2) is 0 Å². The van der Waals surface area contributed by atoms with Gasteiger partial charge in [-0.05, 0) is 36.8 Å². The number of nitro benzene ring substituents is 1. The number of allylic oxidation sites excluding steroid dienone is 2. The van der Waals surface area contributed by atoms with E-state index in [9.17, 15) is 24.8 Å². The van der Waals surface area contributed by atoms with Crippen molar-refractivity contribution in [1.82, 2.24) is 5.01 Å². The summed E-state index contributed by atoms with van der Waals surface area (Å²) in [5.74, 6) is -1.59. The minimum atomic E-state index is -0.712. The molecule has 5 rings (SSSR count). The lowest BCUT2D eigenvalue weighted by atomic mass is 9.63. The Bertz CT molecular complexity index is 815. The molecule has 8 nitrogen and oxygen atoms in total. The van der Waals surface area contributed by atoms with E-state index in [1.807, 2.05) is 12.2 Å². The fourth-order valence-corrected chi connectivity index (χ4v) is 4.06. The number of amides is 2. The van der Waals surface area contributed by atoms with Crippen LogP contribution in [0.1, 0.15) is 18.4 Å². The first-order chi connectivity index (χ1) is 12.0. The molecule has 4 atom stereocenters. The van der Waals surface area contributed by atoms with Gasteiger partial charge in [0, 0.05) is 11.6 Å². The van der Waals surface area contributed by atoms with Crippen molar-refractivity contribution in [2.75, 3.05) is 0 Å². The van der Waals surface area contributed by atoms with Gasteiger partial charge >= 0.3 is 5.69 Å². The highest BCUT2D eigenvalue weighted by Crippen LogP contribution is 2.49. The van der Waals surface area contributed by atoms with Crippen LogP contribution in [0.5, 0.6) is 5.75 Å². The molecule has 128 valence electrons. The van der Waals surface area contributed by atoms with Crippen molar-refractivity contribution in [2.24, 2.45) is 28.8 Å². The minimum absolute atomic E-state index is 0.0846. The number of nitro groups is 1. The first-order valence-electron chi connectivity index (χ1n) is 8.05. The molecule has 2 amide bonds. The molecule has 1 saturated heterocycles. The number of benzene rings is 1. The van der Waals surface area contributed by atoms with E-state index in [1.165, 1.54) is 18.3 Å². The Morgan fingerprint density at radius 3 is 2.28 bits per heavy atom. The highest BCUT2D eigenvalue weighted by Gasteiger charge is 2.56. The van der Waals surface area contributed by atoms with Crippen molar-refractivity contribution < 1.29 is 19.6 Å². The zero-order valence-electron chi connectivity index (χ0n) is 13.1. The van der Waals surface area contributed by atoms with Gasteiger partial charge < -0.3 is 5.11 Å². The largest absolute Gasteiger partial charge is 0.502 e. The second kappa shape index (κ2) is 5.51. The molecule has 0 spiro atoms. The van der Waals surface area contributed by atoms with Crippen molar-refractivity contribution in [2.45, 2.75) is 12.8 Å². The molecule has 2 fully saturated rings. The third-order valence-corrected chi connectivity index (χ3v) is 5.25. The van der Waals surface area contributed by atoms with Gasteiger partial charge in [0.1, 0.15) is 0 Å². The van der Waals surface area contributed by atoms with Gasteiger partial charge in [0.15, 0.2) is 5.75 Å². The highest BCUT2D eigenvalue weighted by molar-refractivity contribution is 6.06. The van der Waals surface area contributed by atoms with E-state index in [2.05, 4.69) is 5.10 Å². The van der Waals surface area contributed by atoms with Crippen LogP contribution in [0, 0.1) is 33.8 Å². The van der Waals surface area contributed by atoms with Crippen molar-refractivity contribution >= 4 is 23.7 Å². The van der Waals surface area contributed by atoms with Gasteiger partial charge in [-0.2, -0.15) is 10.1 Å². The second-order valence-electron chi connectivity index (χ2n) is 6.58. The van der Waals surface area contributed by atoms with Crippen LogP contribution in [0.2, 0.25) is 0 Å². The molecule has 0 radical (unpaired) electrons. The Balaban J connectivity index is 1.60. The maximum Gasteiger partial charge on any atom is 0.311 e. The summed E-state index contributed by atoms with van der Waals surface area (Å²) >= 11 is 0. The molecule has 2 bridgehead atoms. The van der Waals surface area contributed by atoms with E-state index in [0.29, 0.717) is 5.56 Å². The third-order valence-electron chi connectivity index (χ3n) is 5.25. The van der Waals surface area contributed by atoms with E-state index < -0.39 is 16.4 Å². The first-order valence-corrected chi connectivity index (χ1v) is 8.05. The topological polar surface area (TPSA) is 113 Å². The number of phenols is 1. The number of hydrogen-bond donors (Lipinski definition) is 1. The molecule has 1 N–H and O–H groups in total. The molecular weight excluding hydrogens is 326 g/mol. The van der Waals surface area contributed by atoms with Crippen molar-refractivity contribution in [3.63, 3.8) is 0 Å². The quantitative estimate of drug-likeness (QED) is 0.296. The summed E-state index contributed by atoms with van der Waals surface area (Å²) in [4.78, 5) is 35.4. The van der Waals surface area contributed by atoms with Crippen molar-refractivity contribution in [3.05, 3.63) is 46.0 Å². The number of imide groups is 1. The summed E-state index contributed by atoms with van der Waals surface area (Å²) in [5, 5.41) is 25.2. The van der Waals surface area contributed by atoms with E-state index in [4.69, 9.17) is 0 Å². The summed E-state index contributed by atoms with van der Waals surface area (Å²) in [5.41, 5.74) is -0.139. The molecule has 1 aromatic carbocycles. The number of hydrazone groups is 1. The Labute approximate surface area is 142 Å². The molecule has 3 aliphatic carbocycles. The van der Waals surface area contributed by atoms with Crippen LogP contribution < -0.4 is 0 Å². The number of aromatic hydroxyl groups is 1. The Morgan fingerprint density at radius 2 is 1.76 bits per heavy atom. The Morgan fingerprint density at radius 1 is 1.16 bits per heavy atom. The van der Waals surface area contributed by atoms with Crippen LogP contribution in [0.25, 0.3) is 0 Å². The molecule has 1 saturated carbocycles. The Kier molecular flexibility index (Phi) is 3.41. The van der Waals surface area contributed by atoms with E-state index in [0.717, 1.165) is 23.9 Å². The fraction of sp³-hybridized carbons (Fsp3) is 0.353. The van der Waals surface area contributed by atoms with Crippen LogP contribution in [0.15, 0.2) is 35.5 Å². The second-order valence-corrected chi connectivity index (χ2v) is 6.58. The zero-order valence-corrected chi connectivity index (χ0v) is 13.1. The number of rotatable bonds is 3. The summed E-state index contributed by atoms with van der Waals surface area (Å²) in [6, 6.07) is 3.74. The molecule has 25 heavy (non-hydrogen) atoms. The molecule has 8 heteroatoms. The van der Waals surface area contributed by atoms with Crippen molar-refractivity contribution in [3.8, 4) is 5.75 Å². The van der Waals surface area contributed by atoms with E-state index in [-0.39, 0.29) is 35.5 Å². The average Bonchev–Trinajstić information content (AvgIpc) is 2.88. The lowest BCUT2D eigenvalue weighted by Gasteiger charge is -2.37. The number of phenolic OH excluding ortho intramolecular Hbond substituents is 1. The molecular formula is C17H15N3O5. The highest BCUT2D eigenvalue weighted by atomic mass is 16.6.